The fourth-order valence-corrected chi connectivity index (χ4v) is 3.47. The Morgan fingerprint density at radius 1 is 0.870 bits per heavy atom. The summed E-state index contributed by atoms with van der Waals surface area (Å²) in [7, 11) is 0. The molecule has 0 nitrogen and oxygen atoms in total. The van der Waals surface area contributed by atoms with Gasteiger partial charge in [-0.05, 0) is 70.5 Å². The SMILES string of the molecule is CCc1ccc2c(c1)Cc1cc(-c3ccc(Cl)cc3)c(F)cc1-2. The number of hydrogen-bond acceptors (Lipinski definition) is 0. The minimum absolute atomic E-state index is 0.182. The highest BCUT2D eigenvalue weighted by molar-refractivity contribution is 6.30. The van der Waals surface area contributed by atoms with Crippen LogP contribution in [0.3, 0.4) is 0 Å². The molecule has 0 radical (unpaired) electrons. The normalized spacial score (nSPS) is 12.1. The van der Waals surface area contributed by atoms with Crippen molar-refractivity contribution in [3.63, 3.8) is 0 Å². The molecular formula is C21H16ClF. The zero-order valence-electron chi connectivity index (χ0n) is 12.9. The van der Waals surface area contributed by atoms with Crippen LogP contribution in [0.2, 0.25) is 5.02 Å². The van der Waals surface area contributed by atoms with Crippen LogP contribution in [0.1, 0.15) is 23.6 Å². The second kappa shape index (κ2) is 5.50. The van der Waals surface area contributed by atoms with E-state index in [1.54, 1.807) is 18.2 Å². The van der Waals surface area contributed by atoms with Crippen LogP contribution in [0.4, 0.5) is 4.39 Å². The molecule has 0 amide bonds. The highest BCUT2D eigenvalue weighted by Crippen LogP contribution is 2.40. The first-order chi connectivity index (χ1) is 11.2. The number of fused-ring (bicyclic) bond motifs is 3. The molecule has 2 heteroatoms. The Labute approximate surface area is 140 Å². The van der Waals surface area contributed by atoms with Gasteiger partial charge in [-0.2, -0.15) is 0 Å². The number of halogens is 2. The molecule has 0 atom stereocenters. The molecule has 1 aliphatic carbocycles. The molecule has 0 saturated heterocycles. The van der Waals surface area contributed by atoms with Crippen LogP contribution in [-0.4, -0.2) is 0 Å². The molecule has 0 heterocycles. The number of benzene rings is 3. The summed E-state index contributed by atoms with van der Waals surface area (Å²) < 4.78 is 14.6. The molecule has 0 N–H and O–H groups in total. The summed E-state index contributed by atoms with van der Waals surface area (Å²) in [6, 6.07) is 17.5. The van der Waals surface area contributed by atoms with E-state index in [0.717, 1.165) is 24.0 Å². The van der Waals surface area contributed by atoms with Crippen LogP contribution in [0.5, 0.6) is 0 Å². The third-order valence-electron chi connectivity index (χ3n) is 4.60. The average Bonchev–Trinajstić information content (AvgIpc) is 2.91. The van der Waals surface area contributed by atoms with Crippen LogP contribution in [0.15, 0.2) is 54.6 Å². The first-order valence-corrected chi connectivity index (χ1v) is 8.24. The van der Waals surface area contributed by atoms with Crippen LogP contribution in [-0.2, 0) is 12.8 Å². The molecule has 0 saturated carbocycles. The van der Waals surface area contributed by atoms with Crippen LogP contribution in [0, 0.1) is 5.82 Å². The monoisotopic (exact) mass is 322 g/mol. The van der Waals surface area contributed by atoms with Gasteiger partial charge in [0.2, 0.25) is 0 Å². The van der Waals surface area contributed by atoms with Gasteiger partial charge in [0.1, 0.15) is 5.82 Å². The lowest BCUT2D eigenvalue weighted by Gasteiger charge is -2.08. The van der Waals surface area contributed by atoms with Crippen molar-refractivity contribution in [1.29, 1.82) is 0 Å². The molecule has 0 aromatic heterocycles. The molecular weight excluding hydrogens is 307 g/mol. The smallest absolute Gasteiger partial charge is 0.131 e. The molecule has 0 unspecified atom stereocenters. The third kappa shape index (κ3) is 2.46. The van der Waals surface area contributed by atoms with Gasteiger partial charge in [-0.1, -0.05) is 48.9 Å². The lowest BCUT2D eigenvalue weighted by molar-refractivity contribution is 0.631. The number of aryl methyl sites for hydroxylation is 1. The Morgan fingerprint density at radius 3 is 2.35 bits per heavy atom. The van der Waals surface area contributed by atoms with Crippen LogP contribution >= 0.6 is 11.6 Å². The molecule has 3 aromatic rings. The fourth-order valence-electron chi connectivity index (χ4n) is 3.35. The predicted molar refractivity (Wildman–Crippen MR) is 94.5 cm³/mol. The van der Waals surface area contributed by atoms with Gasteiger partial charge in [0.25, 0.3) is 0 Å². The van der Waals surface area contributed by atoms with Crippen molar-refractivity contribution in [1.82, 2.24) is 0 Å². The van der Waals surface area contributed by atoms with Gasteiger partial charge in [-0.25, -0.2) is 4.39 Å². The Bertz CT molecular complexity index is 894. The first-order valence-electron chi connectivity index (χ1n) is 7.86. The fraction of sp³-hybridized carbons (Fsp3) is 0.143. The number of rotatable bonds is 2. The van der Waals surface area contributed by atoms with Gasteiger partial charge in [-0.15, -0.1) is 0 Å². The summed E-state index contributed by atoms with van der Waals surface area (Å²) in [5.74, 6) is -0.182. The Hall–Kier alpha value is -2.12. The minimum Gasteiger partial charge on any atom is -0.206 e. The maximum Gasteiger partial charge on any atom is 0.131 e. The van der Waals surface area contributed by atoms with E-state index in [9.17, 15) is 4.39 Å². The highest BCUT2D eigenvalue weighted by Gasteiger charge is 2.21. The number of hydrogen-bond donors (Lipinski definition) is 0. The molecule has 4 rings (SSSR count). The Morgan fingerprint density at radius 2 is 1.61 bits per heavy atom. The van der Waals surface area contributed by atoms with E-state index in [1.807, 2.05) is 18.2 Å². The van der Waals surface area contributed by atoms with Gasteiger partial charge in [-0.3, -0.25) is 0 Å². The average molecular weight is 323 g/mol. The van der Waals surface area contributed by atoms with Crippen LogP contribution in [0.25, 0.3) is 22.3 Å². The summed E-state index contributed by atoms with van der Waals surface area (Å²) in [5, 5.41) is 0.662. The summed E-state index contributed by atoms with van der Waals surface area (Å²) in [6.45, 7) is 2.15. The standard InChI is InChI=1S/C21H16ClF/c1-2-13-3-8-18-15(9-13)10-16-11-20(21(23)12-19(16)18)14-4-6-17(22)7-5-14/h3-9,11-12H,2,10H2,1H3. The second-order valence-electron chi connectivity index (χ2n) is 6.02. The lowest BCUT2D eigenvalue weighted by atomic mass is 9.98. The Balaban J connectivity index is 1.82. The maximum absolute atomic E-state index is 14.6. The van der Waals surface area contributed by atoms with E-state index in [1.165, 1.54) is 22.3 Å². The summed E-state index contributed by atoms with van der Waals surface area (Å²) in [6.07, 6.45) is 1.90. The third-order valence-corrected chi connectivity index (χ3v) is 4.85. The van der Waals surface area contributed by atoms with Crippen LogP contribution < -0.4 is 0 Å². The van der Waals surface area contributed by atoms with E-state index in [0.29, 0.717) is 10.6 Å². The summed E-state index contributed by atoms with van der Waals surface area (Å²) in [4.78, 5) is 0. The summed E-state index contributed by atoms with van der Waals surface area (Å²) >= 11 is 5.93. The van der Waals surface area contributed by atoms with Crippen molar-refractivity contribution >= 4 is 11.6 Å². The first kappa shape index (κ1) is 14.5. The molecule has 1 aliphatic rings. The quantitative estimate of drug-likeness (QED) is 0.407. The van der Waals surface area contributed by atoms with Gasteiger partial charge in [0.15, 0.2) is 0 Å². The zero-order chi connectivity index (χ0) is 16.0. The van der Waals surface area contributed by atoms with Gasteiger partial charge in [0.05, 0.1) is 0 Å². The molecule has 0 bridgehead atoms. The van der Waals surface area contributed by atoms with E-state index in [4.69, 9.17) is 11.6 Å². The Kier molecular flexibility index (Phi) is 3.46. The molecule has 0 spiro atoms. The second-order valence-corrected chi connectivity index (χ2v) is 6.45. The highest BCUT2D eigenvalue weighted by atomic mass is 35.5. The van der Waals surface area contributed by atoms with Crippen molar-refractivity contribution in [2.45, 2.75) is 19.8 Å². The van der Waals surface area contributed by atoms with E-state index in [2.05, 4.69) is 25.1 Å². The van der Waals surface area contributed by atoms with Crippen molar-refractivity contribution in [3.05, 3.63) is 82.1 Å². The largest absolute Gasteiger partial charge is 0.206 e. The summed E-state index contributed by atoms with van der Waals surface area (Å²) in [5.41, 5.74) is 7.52. The van der Waals surface area contributed by atoms with Crippen molar-refractivity contribution in [2.24, 2.45) is 0 Å². The maximum atomic E-state index is 14.6. The molecule has 0 aliphatic heterocycles. The van der Waals surface area contributed by atoms with Crippen molar-refractivity contribution in [2.75, 3.05) is 0 Å². The lowest BCUT2D eigenvalue weighted by Crippen LogP contribution is -1.89. The molecule has 0 fully saturated rings. The van der Waals surface area contributed by atoms with Crippen molar-refractivity contribution in [3.8, 4) is 22.3 Å². The van der Waals surface area contributed by atoms with E-state index < -0.39 is 0 Å². The van der Waals surface area contributed by atoms with Crippen molar-refractivity contribution < 1.29 is 4.39 Å². The predicted octanol–water partition coefficient (Wildman–Crippen LogP) is 6.28. The van der Waals surface area contributed by atoms with E-state index >= 15 is 0 Å². The topological polar surface area (TPSA) is 0 Å². The van der Waals surface area contributed by atoms with Gasteiger partial charge < -0.3 is 0 Å². The minimum atomic E-state index is -0.182. The van der Waals surface area contributed by atoms with Gasteiger partial charge in [0, 0.05) is 10.6 Å². The van der Waals surface area contributed by atoms with E-state index in [-0.39, 0.29) is 5.82 Å². The zero-order valence-corrected chi connectivity index (χ0v) is 13.6. The molecule has 3 aromatic carbocycles. The van der Waals surface area contributed by atoms with Gasteiger partial charge >= 0.3 is 0 Å². The molecule has 23 heavy (non-hydrogen) atoms. The molecule has 114 valence electrons.